The van der Waals surface area contributed by atoms with Crippen LogP contribution in [0.2, 0.25) is 0 Å². The largest absolute Gasteiger partial charge is 0.460 e. The van der Waals surface area contributed by atoms with Crippen molar-refractivity contribution in [3.63, 3.8) is 0 Å². The van der Waals surface area contributed by atoms with E-state index < -0.39 is 5.60 Å². The average Bonchev–Trinajstić information content (AvgIpc) is 3.64. The van der Waals surface area contributed by atoms with Gasteiger partial charge in [0.2, 0.25) is 5.91 Å². The summed E-state index contributed by atoms with van der Waals surface area (Å²) in [6.45, 7) is 21.9. The Morgan fingerprint density at radius 1 is 0.716 bits per heavy atom. The minimum Gasteiger partial charge on any atom is -0.460 e. The van der Waals surface area contributed by atoms with E-state index in [1.807, 2.05) is 31.7 Å². The number of nitrogens with one attached hydrogen (secondary N) is 1. The SMILES string of the molecule is CCCN(CCCNC(=O)OC1CCC1)C(=O)C1=Cc2sc(CC3CCN(CCOCCOCCOCCOCCOCCOCCOCCOCCOCCOCCC(=O)OC(C)(C)C)CC3)cc2N=C(N)C1. The van der Waals surface area contributed by atoms with Crippen LogP contribution in [0.5, 0.6) is 0 Å². The van der Waals surface area contributed by atoms with E-state index in [2.05, 4.69) is 23.2 Å². The number of nitrogens with zero attached hydrogens (tertiary/aromatic N) is 3. The minimum absolute atomic E-state index is 0.0235. The van der Waals surface area contributed by atoms with E-state index in [9.17, 15) is 14.4 Å². The molecule has 3 aliphatic rings. The zero-order valence-electron chi connectivity index (χ0n) is 45.2. The van der Waals surface area contributed by atoms with Crippen molar-refractivity contribution in [2.24, 2.45) is 16.6 Å². The molecule has 424 valence electrons. The van der Waals surface area contributed by atoms with Gasteiger partial charge in [-0.25, -0.2) is 9.79 Å². The summed E-state index contributed by atoms with van der Waals surface area (Å²) in [6, 6.07) is 2.15. The summed E-state index contributed by atoms with van der Waals surface area (Å²) in [6.07, 6.45) is 9.92. The Kier molecular flexibility index (Phi) is 33.4. The summed E-state index contributed by atoms with van der Waals surface area (Å²) in [7, 11) is 0. The Labute approximate surface area is 444 Å². The fraction of sp³-hybridized carbons (Fsp3) is 0.811. The summed E-state index contributed by atoms with van der Waals surface area (Å²) >= 11 is 1.72. The molecule has 3 heterocycles. The Balaban J connectivity index is 0.874. The first-order valence-electron chi connectivity index (χ1n) is 27.1. The predicted octanol–water partition coefficient (Wildman–Crippen LogP) is 5.58. The molecule has 21 heteroatoms. The lowest BCUT2D eigenvalue weighted by Crippen LogP contribution is -2.37. The van der Waals surface area contributed by atoms with E-state index in [4.69, 9.17) is 67.6 Å². The molecule has 0 radical (unpaired) electrons. The number of piperidine rings is 1. The number of esters is 1. The standard InChI is InChI=1S/C53H91N5O15S/c1-5-14-58(15-7-13-55-52(61)72-45-8-6-9-45)51(60)44-40-48-47(56-49(54)41-44)42-46(74-48)39-43-10-16-57(17-11-43)18-20-63-22-24-65-26-28-67-30-32-69-34-36-71-38-37-70-35-33-68-31-29-66-27-25-64-23-21-62-19-12-50(59)73-53(2,3)4/h40,42-43,45H,5-39,41H2,1-4H3,(H2,54,56)(H,55,61). The molecule has 1 saturated heterocycles. The molecule has 0 spiro atoms. The van der Waals surface area contributed by atoms with Crippen LogP contribution in [0.1, 0.15) is 95.2 Å². The van der Waals surface area contributed by atoms with Crippen LogP contribution in [-0.2, 0) is 72.9 Å². The second kappa shape index (κ2) is 39.1. The molecule has 2 amide bonds. The lowest BCUT2D eigenvalue weighted by molar-refractivity contribution is -0.156. The van der Waals surface area contributed by atoms with Gasteiger partial charge in [0.1, 0.15) is 17.5 Å². The number of thiophene rings is 1. The third-order valence-electron chi connectivity index (χ3n) is 12.0. The van der Waals surface area contributed by atoms with Gasteiger partial charge >= 0.3 is 12.1 Å². The number of fused-ring (bicyclic) bond motifs is 1. The predicted molar refractivity (Wildman–Crippen MR) is 283 cm³/mol. The maximum atomic E-state index is 13.8. The van der Waals surface area contributed by atoms with Gasteiger partial charge in [-0.2, -0.15) is 0 Å². The molecule has 2 fully saturated rings. The van der Waals surface area contributed by atoms with Gasteiger partial charge in [0.15, 0.2) is 0 Å². The van der Waals surface area contributed by atoms with Gasteiger partial charge in [0.05, 0.1) is 149 Å². The fourth-order valence-electron chi connectivity index (χ4n) is 7.93. The number of nitrogens with two attached hydrogens (primary N) is 1. The number of aliphatic imine (C=N–C) groups is 1. The van der Waals surface area contributed by atoms with Crippen molar-refractivity contribution in [1.82, 2.24) is 15.1 Å². The van der Waals surface area contributed by atoms with Gasteiger partial charge < -0.3 is 77.7 Å². The Bertz CT molecular complexity index is 1730. The zero-order chi connectivity index (χ0) is 52.9. The van der Waals surface area contributed by atoms with E-state index in [0.717, 1.165) is 75.1 Å². The third kappa shape index (κ3) is 29.8. The number of carbonyl (C=O) groups is 3. The van der Waals surface area contributed by atoms with E-state index in [-0.39, 0.29) is 30.5 Å². The highest BCUT2D eigenvalue weighted by molar-refractivity contribution is 7.13. The van der Waals surface area contributed by atoms with Gasteiger partial charge in [-0.1, -0.05) is 6.92 Å². The molecule has 0 unspecified atom stereocenters. The van der Waals surface area contributed by atoms with Crippen molar-refractivity contribution < 1.29 is 71.2 Å². The highest BCUT2D eigenvalue weighted by Gasteiger charge is 2.25. The van der Waals surface area contributed by atoms with Crippen molar-refractivity contribution >= 4 is 46.9 Å². The second-order valence-electron chi connectivity index (χ2n) is 19.4. The van der Waals surface area contributed by atoms with Crippen LogP contribution in [0.25, 0.3) is 6.08 Å². The summed E-state index contributed by atoms with van der Waals surface area (Å²) in [5, 5.41) is 2.83. The van der Waals surface area contributed by atoms with Crippen LogP contribution < -0.4 is 11.1 Å². The first kappa shape index (κ1) is 63.2. The van der Waals surface area contributed by atoms with E-state index >= 15 is 0 Å². The zero-order valence-corrected chi connectivity index (χ0v) is 46.0. The maximum absolute atomic E-state index is 13.8. The molecule has 74 heavy (non-hydrogen) atoms. The second-order valence-corrected chi connectivity index (χ2v) is 20.6. The Morgan fingerprint density at radius 2 is 1.22 bits per heavy atom. The molecule has 1 aromatic rings. The molecular formula is C53H91N5O15S. The number of carbonyl (C=O) groups excluding carboxylic acids is 3. The van der Waals surface area contributed by atoms with E-state index in [0.29, 0.717) is 182 Å². The smallest absolute Gasteiger partial charge is 0.407 e. The highest BCUT2D eigenvalue weighted by Crippen LogP contribution is 2.37. The molecule has 1 aliphatic carbocycles. The van der Waals surface area contributed by atoms with Crippen molar-refractivity contribution in [2.45, 2.75) is 104 Å². The molecule has 3 N–H and O–H groups in total. The number of amidine groups is 1. The van der Waals surface area contributed by atoms with Crippen molar-refractivity contribution in [1.29, 1.82) is 0 Å². The van der Waals surface area contributed by atoms with Crippen LogP contribution in [0.15, 0.2) is 16.6 Å². The van der Waals surface area contributed by atoms with Crippen molar-refractivity contribution in [3.05, 3.63) is 21.4 Å². The molecule has 1 saturated carbocycles. The number of hydrogen-bond donors (Lipinski definition) is 2. The number of amides is 2. The number of rotatable bonds is 43. The third-order valence-corrected chi connectivity index (χ3v) is 13.0. The number of hydrogen-bond acceptors (Lipinski definition) is 19. The first-order valence-corrected chi connectivity index (χ1v) is 27.9. The Morgan fingerprint density at radius 3 is 1.69 bits per heavy atom. The normalized spacial score (nSPS) is 15.5. The molecule has 0 aromatic carbocycles. The quantitative estimate of drug-likeness (QED) is 0.0602. The molecule has 1 aromatic heterocycles. The van der Waals surface area contributed by atoms with Crippen LogP contribution in [0.3, 0.4) is 0 Å². The molecule has 2 aliphatic heterocycles. The highest BCUT2D eigenvalue weighted by atomic mass is 32.1. The lowest BCUT2D eigenvalue weighted by atomic mass is 9.93. The van der Waals surface area contributed by atoms with Gasteiger partial charge in [-0.3, -0.25) is 9.59 Å². The number of ether oxygens (including phenoxy) is 12. The Hall–Kier alpha value is -3.32. The number of likely N-dealkylation sites (tertiary alicyclic amines) is 1. The minimum atomic E-state index is -0.482. The number of alkyl carbamates (subject to hydrolysis) is 1. The van der Waals surface area contributed by atoms with Crippen LogP contribution in [-0.4, -0.2) is 217 Å². The lowest BCUT2D eigenvalue weighted by Gasteiger charge is -2.31. The topological polar surface area (TPSA) is 219 Å². The van der Waals surface area contributed by atoms with Crippen LogP contribution in [0.4, 0.5) is 10.5 Å². The summed E-state index contributed by atoms with van der Waals surface area (Å²) in [5.41, 5.74) is 7.39. The van der Waals surface area contributed by atoms with Gasteiger partial charge in [0, 0.05) is 43.1 Å². The van der Waals surface area contributed by atoms with Gasteiger partial charge in [0.25, 0.3) is 0 Å². The molecular weight excluding hydrogens is 979 g/mol. The van der Waals surface area contributed by atoms with E-state index in [1.165, 1.54) is 4.88 Å². The van der Waals surface area contributed by atoms with Gasteiger partial charge in [-0.15, -0.1) is 11.3 Å². The monoisotopic (exact) mass is 1070 g/mol. The summed E-state index contributed by atoms with van der Waals surface area (Å²) in [4.78, 5) is 48.8. The van der Waals surface area contributed by atoms with Crippen LogP contribution in [0, 0.1) is 5.92 Å². The first-order chi connectivity index (χ1) is 36.0. The van der Waals surface area contributed by atoms with Gasteiger partial charge in [-0.05, 0) is 103 Å². The summed E-state index contributed by atoms with van der Waals surface area (Å²) < 4.78 is 66.2. The molecule has 20 nitrogen and oxygen atoms in total. The summed E-state index contributed by atoms with van der Waals surface area (Å²) in [5.74, 6) is 0.748. The maximum Gasteiger partial charge on any atom is 0.407 e. The van der Waals surface area contributed by atoms with Crippen molar-refractivity contribution in [3.8, 4) is 0 Å². The molecule has 0 atom stereocenters. The average molecular weight is 1070 g/mol. The van der Waals surface area contributed by atoms with E-state index in [1.54, 1.807) is 11.3 Å². The van der Waals surface area contributed by atoms with Crippen molar-refractivity contribution in [2.75, 3.05) is 171 Å². The molecule has 4 rings (SSSR count). The molecule has 0 bridgehead atoms. The fourth-order valence-corrected chi connectivity index (χ4v) is 9.11. The van der Waals surface area contributed by atoms with Crippen LogP contribution >= 0.6 is 11.3 Å².